The molecule has 1 aliphatic heterocycles. The van der Waals surface area contributed by atoms with Crippen LogP contribution < -0.4 is 5.32 Å². The third-order valence-electron chi connectivity index (χ3n) is 3.49. The van der Waals surface area contributed by atoms with E-state index in [0.29, 0.717) is 5.92 Å². The summed E-state index contributed by atoms with van der Waals surface area (Å²) in [5, 5.41) is 3.38. The summed E-state index contributed by atoms with van der Waals surface area (Å²) in [6.45, 7) is 6.41. The van der Waals surface area contributed by atoms with Gasteiger partial charge >= 0.3 is 0 Å². The number of hydrogen-bond acceptors (Lipinski definition) is 3. The normalized spacial score (nSPS) is 20.2. The van der Waals surface area contributed by atoms with E-state index in [1.807, 2.05) is 0 Å². The van der Waals surface area contributed by atoms with Gasteiger partial charge < -0.3 is 9.73 Å². The predicted octanol–water partition coefficient (Wildman–Crippen LogP) is 2.60. The van der Waals surface area contributed by atoms with Gasteiger partial charge in [0.15, 0.2) is 11.5 Å². The first-order valence-corrected chi connectivity index (χ1v) is 6.30. The van der Waals surface area contributed by atoms with Gasteiger partial charge in [-0.05, 0) is 56.5 Å². The number of aryl methyl sites for hydroxylation is 2. The molecule has 1 aliphatic rings. The molecule has 0 bridgehead atoms. The third kappa shape index (κ3) is 2.07. The number of rotatable bonds is 2. The number of nitrogens with zero attached hydrogens (tertiary/aromatic N) is 1. The molecule has 90 valence electrons. The maximum Gasteiger partial charge on any atom is 0.195 e. The molecule has 1 saturated heterocycles. The first-order valence-electron chi connectivity index (χ1n) is 6.30. The molecule has 0 spiro atoms. The SMILES string of the molecule is Cc1cc(C)c2oc(CC3CCNC3)nc2c1. The minimum atomic E-state index is 0.685. The van der Waals surface area contributed by atoms with Crippen molar-refractivity contribution in [1.82, 2.24) is 10.3 Å². The van der Waals surface area contributed by atoms with Crippen LogP contribution in [0.1, 0.15) is 23.4 Å². The van der Waals surface area contributed by atoms with Crippen LogP contribution in [0.4, 0.5) is 0 Å². The number of fused-ring (bicyclic) bond motifs is 1. The molecular weight excluding hydrogens is 212 g/mol. The van der Waals surface area contributed by atoms with Crippen molar-refractivity contribution >= 4 is 11.1 Å². The molecule has 2 heterocycles. The lowest BCUT2D eigenvalue weighted by atomic mass is 10.1. The van der Waals surface area contributed by atoms with Crippen LogP contribution in [0.5, 0.6) is 0 Å². The summed E-state index contributed by atoms with van der Waals surface area (Å²) < 4.78 is 5.88. The Balaban J connectivity index is 1.93. The first-order chi connectivity index (χ1) is 8.22. The number of aromatic nitrogens is 1. The molecule has 2 aromatic rings. The van der Waals surface area contributed by atoms with E-state index in [9.17, 15) is 0 Å². The zero-order chi connectivity index (χ0) is 11.8. The summed E-state index contributed by atoms with van der Waals surface area (Å²) >= 11 is 0. The Bertz CT molecular complexity index is 538. The van der Waals surface area contributed by atoms with Gasteiger partial charge in [0.1, 0.15) is 5.52 Å². The molecule has 3 heteroatoms. The minimum Gasteiger partial charge on any atom is -0.440 e. The van der Waals surface area contributed by atoms with Crippen molar-refractivity contribution < 1.29 is 4.42 Å². The number of oxazole rings is 1. The topological polar surface area (TPSA) is 38.1 Å². The monoisotopic (exact) mass is 230 g/mol. The smallest absolute Gasteiger partial charge is 0.195 e. The molecule has 0 radical (unpaired) electrons. The van der Waals surface area contributed by atoms with Crippen LogP contribution in [0, 0.1) is 19.8 Å². The van der Waals surface area contributed by atoms with Crippen LogP contribution in [-0.2, 0) is 6.42 Å². The summed E-state index contributed by atoms with van der Waals surface area (Å²) in [5.41, 5.74) is 4.39. The summed E-state index contributed by atoms with van der Waals surface area (Å²) in [6, 6.07) is 4.25. The fourth-order valence-electron chi connectivity index (χ4n) is 2.65. The molecule has 1 aromatic heterocycles. The fraction of sp³-hybridized carbons (Fsp3) is 0.500. The van der Waals surface area contributed by atoms with Gasteiger partial charge in [0.2, 0.25) is 0 Å². The molecule has 1 fully saturated rings. The van der Waals surface area contributed by atoms with Crippen molar-refractivity contribution in [3.63, 3.8) is 0 Å². The van der Waals surface area contributed by atoms with Crippen molar-refractivity contribution in [1.29, 1.82) is 0 Å². The predicted molar refractivity (Wildman–Crippen MR) is 68.2 cm³/mol. The van der Waals surface area contributed by atoms with Gasteiger partial charge in [0.25, 0.3) is 0 Å². The van der Waals surface area contributed by atoms with E-state index in [1.165, 1.54) is 17.5 Å². The largest absolute Gasteiger partial charge is 0.440 e. The van der Waals surface area contributed by atoms with Crippen LogP contribution in [-0.4, -0.2) is 18.1 Å². The molecule has 3 nitrogen and oxygen atoms in total. The summed E-state index contributed by atoms with van der Waals surface area (Å²) in [6.07, 6.45) is 2.19. The van der Waals surface area contributed by atoms with Gasteiger partial charge in [-0.15, -0.1) is 0 Å². The first kappa shape index (κ1) is 10.8. The van der Waals surface area contributed by atoms with E-state index in [0.717, 1.165) is 36.5 Å². The van der Waals surface area contributed by atoms with Gasteiger partial charge in [0.05, 0.1) is 0 Å². The molecule has 0 saturated carbocycles. The number of benzene rings is 1. The molecule has 0 aliphatic carbocycles. The molecule has 0 amide bonds. The van der Waals surface area contributed by atoms with Gasteiger partial charge in [-0.25, -0.2) is 4.98 Å². The lowest BCUT2D eigenvalue weighted by Gasteiger charge is -2.02. The highest BCUT2D eigenvalue weighted by atomic mass is 16.3. The average molecular weight is 230 g/mol. The van der Waals surface area contributed by atoms with Crippen molar-refractivity contribution in [3.05, 3.63) is 29.2 Å². The van der Waals surface area contributed by atoms with Crippen molar-refractivity contribution in [2.75, 3.05) is 13.1 Å². The molecule has 17 heavy (non-hydrogen) atoms. The highest BCUT2D eigenvalue weighted by Crippen LogP contribution is 2.23. The Kier molecular flexibility index (Phi) is 2.63. The van der Waals surface area contributed by atoms with Crippen molar-refractivity contribution in [3.8, 4) is 0 Å². The quantitative estimate of drug-likeness (QED) is 0.861. The van der Waals surface area contributed by atoms with E-state index in [1.54, 1.807) is 0 Å². The molecule has 1 unspecified atom stereocenters. The maximum atomic E-state index is 5.88. The number of nitrogens with one attached hydrogen (secondary N) is 1. The van der Waals surface area contributed by atoms with E-state index in [4.69, 9.17) is 4.42 Å². The van der Waals surface area contributed by atoms with E-state index < -0.39 is 0 Å². The van der Waals surface area contributed by atoms with E-state index >= 15 is 0 Å². The third-order valence-corrected chi connectivity index (χ3v) is 3.49. The van der Waals surface area contributed by atoms with Gasteiger partial charge in [-0.1, -0.05) is 6.07 Å². The van der Waals surface area contributed by atoms with Crippen LogP contribution in [0.25, 0.3) is 11.1 Å². The molecule has 1 aromatic carbocycles. The summed E-state index contributed by atoms with van der Waals surface area (Å²) in [4.78, 5) is 4.60. The molecule has 1 N–H and O–H groups in total. The standard InChI is InChI=1S/C14H18N2O/c1-9-5-10(2)14-12(6-9)16-13(17-14)7-11-3-4-15-8-11/h5-6,11,15H,3-4,7-8H2,1-2H3. The maximum absolute atomic E-state index is 5.88. The van der Waals surface area contributed by atoms with Crippen molar-refractivity contribution in [2.45, 2.75) is 26.7 Å². The second-order valence-corrected chi connectivity index (χ2v) is 5.10. The second-order valence-electron chi connectivity index (χ2n) is 5.10. The van der Waals surface area contributed by atoms with Crippen LogP contribution in [0.2, 0.25) is 0 Å². The molecular formula is C14H18N2O. The summed E-state index contributed by atoms with van der Waals surface area (Å²) in [7, 11) is 0. The highest BCUT2D eigenvalue weighted by Gasteiger charge is 2.18. The average Bonchev–Trinajstić information content (AvgIpc) is 2.87. The van der Waals surface area contributed by atoms with Crippen LogP contribution in [0.3, 0.4) is 0 Å². The summed E-state index contributed by atoms with van der Waals surface area (Å²) in [5.74, 6) is 1.58. The van der Waals surface area contributed by atoms with Gasteiger partial charge in [-0.3, -0.25) is 0 Å². The Hall–Kier alpha value is -1.35. The second kappa shape index (κ2) is 4.15. The van der Waals surface area contributed by atoms with Gasteiger partial charge in [-0.2, -0.15) is 0 Å². The van der Waals surface area contributed by atoms with Crippen LogP contribution >= 0.6 is 0 Å². The minimum absolute atomic E-state index is 0.685. The van der Waals surface area contributed by atoms with Crippen molar-refractivity contribution in [2.24, 2.45) is 5.92 Å². The lowest BCUT2D eigenvalue weighted by molar-refractivity contribution is 0.462. The molecule has 3 rings (SSSR count). The zero-order valence-electron chi connectivity index (χ0n) is 10.4. The fourth-order valence-corrected chi connectivity index (χ4v) is 2.65. The van der Waals surface area contributed by atoms with E-state index in [-0.39, 0.29) is 0 Å². The Labute approximate surface area is 101 Å². The lowest BCUT2D eigenvalue weighted by Crippen LogP contribution is -2.10. The Morgan fingerprint density at radius 2 is 2.29 bits per heavy atom. The number of hydrogen-bond donors (Lipinski definition) is 1. The highest BCUT2D eigenvalue weighted by molar-refractivity contribution is 5.77. The zero-order valence-corrected chi connectivity index (χ0v) is 10.4. The van der Waals surface area contributed by atoms with Gasteiger partial charge in [0, 0.05) is 6.42 Å². The molecule has 1 atom stereocenters. The Morgan fingerprint density at radius 3 is 3.06 bits per heavy atom. The van der Waals surface area contributed by atoms with Crippen LogP contribution in [0.15, 0.2) is 16.5 Å². The van der Waals surface area contributed by atoms with E-state index in [2.05, 4.69) is 36.3 Å². The Morgan fingerprint density at radius 1 is 1.41 bits per heavy atom.